The summed E-state index contributed by atoms with van der Waals surface area (Å²) in [6, 6.07) is 9.70. The molecule has 17 heavy (non-hydrogen) atoms. The van der Waals surface area contributed by atoms with Crippen molar-refractivity contribution in [1.82, 2.24) is 9.55 Å². The first kappa shape index (κ1) is 11.4. The van der Waals surface area contributed by atoms with Crippen LogP contribution in [0.3, 0.4) is 0 Å². The smallest absolute Gasteiger partial charge is 0.113 e. The molecule has 1 aromatic carbocycles. The summed E-state index contributed by atoms with van der Waals surface area (Å²) in [5.41, 5.74) is 1.75. The van der Waals surface area contributed by atoms with Crippen molar-refractivity contribution in [2.24, 2.45) is 0 Å². The number of imidazole rings is 1. The zero-order chi connectivity index (χ0) is 12.1. The van der Waals surface area contributed by atoms with Crippen LogP contribution in [0.1, 0.15) is 31.2 Å². The number of aromatic nitrogens is 2. The van der Waals surface area contributed by atoms with E-state index in [0.717, 1.165) is 24.4 Å². The van der Waals surface area contributed by atoms with Crippen LogP contribution in [0.25, 0.3) is 5.69 Å². The van der Waals surface area contributed by atoms with Crippen LogP contribution in [0.15, 0.2) is 36.7 Å². The summed E-state index contributed by atoms with van der Waals surface area (Å²) >= 11 is 0. The molecule has 0 saturated carbocycles. The number of rotatable bonds is 4. The number of benzene rings is 1. The second-order valence-corrected chi connectivity index (χ2v) is 3.98. The normalized spacial score (nSPS) is 10.1. The number of nitriles is 1. The van der Waals surface area contributed by atoms with Crippen LogP contribution in [0.4, 0.5) is 0 Å². The Labute approximate surface area is 101 Å². The molecule has 0 radical (unpaired) electrons. The van der Waals surface area contributed by atoms with Gasteiger partial charge in [-0.05, 0) is 30.7 Å². The van der Waals surface area contributed by atoms with E-state index in [1.165, 1.54) is 6.42 Å². The lowest BCUT2D eigenvalue weighted by Gasteiger charge is -2.07. The maximum absolute atomic E-state index is 8.76. The Bertz CT molecular complexity index is 517. The monoisotopic (exact) mass is 225 g/mol. The van der Waals surface area contributed by atoms with Crippen LogP contribution in [0.2, 0.25) is 0 Å². The highest BCUT2D eigenvalue weighted by Gasteiger charge is 2.04. The summed E-state index contributed by atoms with van der Waals surface area (Å²) in [6.45, 7) is 2.18. The Kier molecular flexibility index (Phi) is 3.56. The van der Waals surface area contributed by atoms with Crippen LogP contribution < -0.4 is 0 Å². The molecule has 3 nitrogen and oxygen atoms in total. The SMILES string of the molecule is CCCCc1nccn1-c1ccc(C#N)cc1. The molecule has 0 bridgehead atoms. The molecular formula is C14H15N3. The molecule has 86 valence electrons. The molecule has 0 saturated heterocycles. The zero-order valence-corrected chi connectivity index (χ0v) is 9.93. The van der Waals surface area contributed by atoms with Gasteiger partial charge in [-0.2, -0.15) is 5.26 Å². The quantitative estimate of drug-likeness (QED) is 0.802. The van der Waals surface area contributed by atoms with Crippen molar-refractivity contribution < 1.29 is 0 Å². The fraction of sp³-hybridized carbons (Fsp3) is 0.286. The van der Waals surface area contributed by atoms with Crippen molar-refractivity contribution in [2.75, 3.05) is 0 Å². The van der Waals surface area contributed by atoms with Gasteiger partial charge in [0.15, 0.2) is 0 Å². The van der Waals surface area contributed by atoms with Gasteiger partial charge in [0.25, 0.3) is 0 Å². The lowest BCUT2D eigenvalue weighted by Crippen LogP contribution is -2.00. The minimum atomic E-state index is 0.684. The third-order valence-electron chi connectivity index (χ3n) is 2.75. The van der Waals surface area contributed by atoms with E-state index >= 15 is 0 Å². The van der Waals surface area contributed by atoms with Crippen LogP contribution in [-0.4, -0.2) is 9.55 Å². The zero-order valence-electron chi connectivity index (χ0n) is 9.93. The van der Waals surface area contributed by atoms with Crippen molar-refractivity contribution in [3.8, 4) is 11.8 Å². The van der Waals surface area contributed by atoms with Gasteiger partial charge in [0, 0.05) is 24.5 Å². The molecule has 0 atom stereocenters. The topological polar surface area (TPSA) is 41.6 Å². The van der Waals surface area contributed by atoms with Crippen molar-refractivity contribution in [3.05, 3.63) is 48.0 Å². The van der Waals surface area contributed by atoms with E-state index in [1.807, 2.05) is 36.7 Å². The van der Waals surface area contributed by atoms with Crippen molar-refractivity contribution in [3.63, 3.8) is 0 Å². The van der Waals surface area contributed by atoms with E-state index < -0.39 is 0 Å². The first-order valence-electron chi connectivity index (χ1n) is 5.88. The molecule has 0 amide bonds. The van der Waals surface area contributed by atoms with E-state index in [0.29, 0.717) is 5.56 Å². The third-order valence-corrected chi connectivity index (χ3v) is 2.75. The van der Waals surface area contributed by atoms with Gasteiger partial charge in [0.2, 0.25) is 0 Å². The van der Waals surface area contributed by atoms with Crippen molar-refractivity contribution in [1.29, 1.82) is 5.26 Å². The lowest BCUT2D eigenvalue weighted by atomic mass is 10.2. The summed E-state index contributed by atoms with van der Waals surface area (Å²) in [7, 11) is 0. The minimum Gasteiger partial charge on any atom is -0.304 e. The van der Waals surface area contributed by atoms with Gasteiger partial charge >= 0.3 is 0 Å². The molecule has 0 unspecified atom stereocenters. The average molecular weight is 225 g/mol. The molecule has 0 aliphatic carbocycles. The summed E-state index contributed by atoms with van der Waals surface area (Å²) in [6.07, 6.45) is 7.09. The first-order valence-corrected chi connectivity index (χ1v) is 5.88. The molecule has 0 spiro atoms. The number of nitrogens with zero attached hydrogens (tertiary/aromatic N) is 3. The third kappa shape index (κ3) is 2.54. The largest absolute Gasteiger partial charge is 0.304 e. The number of hydrogen-bond donors (Lipinski definition) is 0. The van der Waals surface area contributed by atoms with Gasteiger partial charge < -0.3 is 4.57 Å². The van der Waals surface area contributed by atoms with Gasteiger partial charge in [-0.15, -0.1) is 0 Å². The fourth-order valence-corrected chi connectivity index (χ4v) is 1.79. The van der Waals surface area contributed by atoms with E-state index in [9.17, 15) is 0 Å². The average Bonchev–Trinajstić information content (AvgIpc) is 2.84. The van der Waals surface area contributed by atoms with E-state index in [1.54, 1.807) is 0 Å². The molecule has 0 aliphatic rings. The Morgan fingerprint density at radius 2 is 2.06 bits per heavy atom. The lowest BCUT2D eigenvalue weighted by molar-refractivity contribution is 0.739. The van der Waals surface area contributed by atoms with Gasteiger partial charge in [0.1, 0.15) is 5.82 Å². The Balaban J connectivity index is 2.26. The number of hydrogen-bond acceptors (Lipinski definition) is 2. The predicted molar refractivity (Wildman–Crippen MR) is 66.9 cm³/mol. The molecule has 2 aromatic rings. The van der Waals surface area contributed by atoms with Gasteiger partial charge in [0.05, 0.1) is 11.6 Å². The van der Waals surface area contributed by atoms with Gasteiger partial charge in [-0.25, -0.2) is 4.98 Å². The molecule has 0 aliphatic heterocycles. The maximum Gasteiger partial charge on any atom is 0.113 e. The van der Waals surface area contributed by atoms with Crippen LogP contribution in [-0.2, 0) is 6.42 Å². The van der Waals surface area contributed by atoms with Crippen molar-refractivity contribution in [2.45, 2.75) is 26.2 Å². The van der Waals surface area contributed by atoms with Crippen molar-refractivity contribution >= 4 is 0 Å². The molecule has 2 rings (SSSR count). The van der Waals surface area contributed by atoms with E-state index in [4.69, 9.17) is 5.26 Å². The summed E-state index contributed by atoms with van der Waals surface area (Å²) in [5, 5.41) is 8.76. The molecule has 0 fully saturated rings. The van der Waals surface area contributed by atoms with E-state index in [-0.39, 0.29) is 0 Å². The molecular weight excluding hydrogens is 210 g/mol. The number of aryl methyl sites for hydroxylation is 1. The Morgan fingerprint density at radius 3 is 2.71 bits per heavy atom. The second kappa shape index (κ2) is 5.31. The van der Waals surface area contributed by atoms with Crippen LogP contribution in [0, 0.1) is 11.3 Å². The Hall–Kier alpha value is -2.08. The van der Waals surface area contributed by atoms with Gasteiger partial charge in [-0.3, -0.25) is 0 Å². The second-order valence-electron chi connectivity index (χ2n) is 3.98. The molecule has 1 heterocycles. The highest BCUT2D eigenvalue weighted by molar-refractivity contribution is 5.40. The van der Waals surface area contributed by atoms with E-state index in [2.05, 4.69) is 22.5 Å². The Morgan fingerprint density at radius 1 is 1.29 bits per heavy atom. The summed E-state index contributed by atoms with van der Waals surface area (Å²) < 4.78 is 2.08. The fourth-order valence-electron chi connectivity index (χ4n) is 1.79. The maximum atomic E-state index is 8.76. The van der Waals surface area contributed by atoms with Gasteiger partial charge in [-0.1, -0.05) is 13.3 Å². The first-order chi connectivity index (χ1) is 8.35. The van der Waals surface area contributed by atoms with Crippen LogP contribution >= 0.6 is 0 Å². The number of unbranched alkanes of at least 4 members (excludes halogenated alkanes) is 1. The summed E-state index contributed by atoms with van der Waals surface area (Å²) in [4.78, 5) is 4.37. The van der Waals surface area contributed by atoms with Crippen LogP contribution in [0.5, 0.6) is 0 Å². The summed E-state index contributed by atoms with van der Waals surface area (Å²) in [5.74, 6) is 1.08. The molecule has 1 aromatic heterocycles. The minimum absolute atomic E-state index is 0.684. The molecule has 3 heteroatoms. The standard InChI is InChI=1S/C14H15N3/c1-2-3-4-14-16-9-10-17(14)13-7-5-12(11-15)6-8-13/h5-10H,2-4H2,1H3. The highest BCUT2D eigenvalue weighted by Crippen LogP contribution is 2.13. The molecule has 0 N–H and O–H groups in total. The predicted octanol–water partition coefficient (Wildman–Crippen LogP) is 3.09. The highest BCUT2D eigenvalue weighted by atomic mass is 15.1.